The summed E-state index contributed by atoms with van der Waals surface area (Å²) in [6.07, 6.45) is 0. The zero-order chi connectivity index (χ0) is 17.9. The quantitative estimate of drug-likeness (QED) is 0.730. The van der Waals surface area contributed by atoms with E-state index in [4.69, 9.17) is 39.5 Å². The fourth-order valence-corrected chi connectivity index (χ4v) is 2.61. The molecular weight excluding hydrogens is 380 g/mol. The summed E-state index contributed by atoms with van der Waals surface area (Å²) >= 11 is 17.5. The number of amides is 1. The van der Waals surface area contributed by atoms with Crippen molar-refractivity contribution in [2.45, 2.75) is 6.92 Å². The number of ketones is 1. The van der Waals surface area contributed by atoms with E-state index < -0.39 is 18.3 Å². The van der Waals surface area contributed by atoms with Gasteiger partial charge in [0.25, 0.3) is 5.91 Å². The number of carbonyl (C=O) groups is 2. The summed E-state index contributed by atoms with van der Waals surface area (Å²) in [6, 6.07) is 6.56. The second-order valence-electron chi connectivity index (χ2n) is 4.79. The van der Waals surface area contributed by atoms with Crippen LogP contribution < -0.4 is 10.1 Å². The van der Waals surface area contributed by atoms with Crippen LogP contribution in [0.1, 0.15) is 17.3 Å². The lowest BCUT2D eigenvalue weighted by molar-refractivity contribution is -0.118. The van der Waals surface area contributed by atoms with Gasteiger partial charge in [-0.25, -0.2) is 4.39 Å². The SMILES string of the molecule is CC(=O)c1cc(Cl)cc(Cl)c1OCC(=O)Nc1ccc(F)c(Cl)c1. The van der Waals surface area contributed by atoms with Crippen LogP contribution in [-0.2, 0) is 4.79 Å². The van der Waals surface area contributed by atoms with Gasteiger partial charge in [0, 0.05) is 10.7 Å². The van der Waals surface area contributed by atoms with Crippen LogP contribution >= 0.6 is 34.8 Å². The molecule has 0 aliphatic heterocycles. The Balaban J connectivity index is 2.09. The van der Waals surface area contributed by atoms with Gasteiger partial charge in [-0.15, -0.1) is 0 Å². The number of rotatable bonds is 5. The van der Waals surface area contributed by atoms with Crippen molar-refractivity contribution in [2.24, 2.45) is 0 Å². The smallest absolute Gasteiger partial charge is 0.262 e. The minimum absolute atomic E-state index is 0.0702. The molecule has 0 heterocycles. The number of hydrogen-bond acceptors (Lipinski definition) is 3. The van der Waals surface area contributed by atoms with Gasteiger partial charge < -0.3 is 10.1 Å². The molecule has 0 atom stereocenters. The Morgan fingerprint density at radius 1 is 1.12 bits per heavy atom. The lowest BCUT2D eigenvalue weighted by Crippen LogP contribution is -2.21. The Bertz CT molecular complexity index is 811. The van der Waals surface area contributed by atoms with Gasteiger partial charge in [0.2, 0.25) is 0 Å². The molecule has 0 radical (unpaired) electrons. The van der Waals surface area contributed by atoms with Gasteiger partial charge >= 0.3 is 0 Å². The highest BCUT2D eigenvalue weighted by Crippen LogP contribution is 2.32. The maximum absolute atomic E-state index is 13.1. The van der Waals surface area contributed by atoms with Gasteiger partial charge in [0.15, 0.2) is 12.4 Å². The third-order valence-electron chi connectivity index (χ3n) is 2.94. The van der Waals surface area contributed by atoms with Gasteiger partial charge in [-0.2, -0.15) is 0 Å². The molecule has 0 saturated heterocycles. The number of hydrogen-bond donors (Lipinski definition) is 1. The summed E-state index contributed by atoms with van der Waals surface area (Å²) in [5.41, 5.74) is 0.481. The van der Waals surface area contributed by atoms with Gasteiger partial charge in [0.05, 0.1) is 15.6 Å². The van der Waals surface area contributed by atoms with Crippen molar-refractivity contribution in [1.82, 2.24) is 0 Å². The van der Waals surface area contributed by atoms with Crippen LogP contribution in [0.4, 0.5) is 10.1 Å². The van der Waals surface area contributed by atoms with E-state index in [2.05, 4.69) is 5.32 Å². The number of ether oxygens (including phenoxy) is 1. The fourth-order valence-electron chi connectivity index (χ4n) is 1.88. The molecule has 0 unspecified atom stereocenters. The molecule has 1 amide bonds. The zero-order valence-corrected chi connectivity index (χ0v) is 14.6. The molecule has 0 saturated carbocycles. The predicted octanol–water partition coefficient (Wildman–Crippen LogP) is 5.01. The molecule has 2 rings (SSSR count). The van der Waals surface area contributed by atoms with E-state index in [1.165, 1.54) is 31.2 Å². The Morgan fingerprint density at radius 3 is 2.46 bits per heavy atom. The molecule has 2 aromatic carbocycles. The highest BCUT2D eigenvalue weighted by atomic mass is 35.5. The number of carbonyl (C=O) groups excluding carboxylic acids is 2. The molecule has 126 valence electrons. The van der Waals surface area contributed by atoms with Crippen LogP contribution in [0.25, 0.3) is 0 Å². The van der Waals surface area contributed by atoms with Crippen molar-refractivity contribution in [3.05, 3.63) is 56.8 Å². The Labute approximate surface area is 152 Å². The summed E-state index contributed by atoms with van der Waals surface area (Å²) in [5, 5.41) is 2.77. The van der Waals surface area contributed by atoms with Gasteiger partial charge in [-0.3, -0.25) is 9.59 Å². The van der Waals surface area contributed by atoms with Crippen molar-refractivity contribution >= 4 is 52.2 Å². The third-order valence-corrected chi connectivity index (χ3v) is 3.73. The van der Waals surface area contributed by atoms with Crippen LogP contribution in [0.2, 0.25) is 15.1 Å². The van der Waals surface area contributed by atoms with E-state index in [1.807, 2.05) is 0 Å². The minimum atomic E-state index is -0.593. The number of anilines is 1. The number of Topliss-reactive ketones (excluding diaryl/α,β-unsaturated/α-hetero) is 1. The lowest BCUT2D eigenvalue weighted by Gasteiger charge is -2.12. The first-order chi connectivity index (χ1) is 11.3. The van der Waals surface area contributed by atoms with Crippen LogP contribution in [0.3, 0.4) is 0 Å². The van der Waals surface area contributed by atoms with Crippen molar-refractivity contribution in [3.63, 3.8) is 0 Å². The van der Waals surface area contributed by atoms with E-state index in [-0.39, 0.29) is 32.2 Å². The molecule has 8 heteroatoms. The van der Waals surface area contributed by atoms with E-state index in [1.54, 1.807) is 0 Å². The second-order valence-corrected chi connectivity index (χ2v) is 6.04. The molecule has 1 N–H and O–H groups in total. The molecule has 24 heavy (non-hydrogen) atoms. The van der Waals surface area contributed by atoms with Crippen LogP contribution in [0.5, 0.6) is 5.75 Å². The van der Waals surface area contributed by atoms with Gasteiger partial charge in [-0.1, -0.05) is 34.8 Å². The summed E-state index contributed by atoms with van der Waals surface area (Å²) in [7, 11) is 0. The van der Waals surface area contributed by atoms with E-state index in [0.29, 0.717) is 5.69 Å². The molecule has 0 spiro atoms. The molecule has 0 aliphatic carbocycles. The highest BCUT2D eigenvalue weighted by Gasteiger charge is 2.16. The fraction of sp³-hybridized carbons (Fsp3) is 0.125. The van der Waals surface area contributed by atoms with Crippen molar-refractivity contribution in [1.29, 1.82) is 0 Å². The Morgan fingerprint density at radius 2 is 1.83 bits per heavy atom. The summed E-state index contributed by atoms with van der Waals surface area (Å²) in [5.74, 6) is -1.36. The molecule has 0 aliphatic rings. The van der Waals surface area contributed by atoms with Gasteiger partial charge in [-0.05, 0) is 37.3 Å². The zero-order valence-electron chi connectivity index (χ0n) is 12.3. The first kappa shape index (κ1) is 18.5. The van der Waals surface area contributed by atoms with Crippen LogP contribution in [-0.4, -0.2) is 18.3 Å². The van der Waals surface area contributed by atoms with Crippen molar-refractivity contribution < 1.29 is 18.7 Å². The molecule has 4 nitrogen and oxygen atoms in total. The molecule has 0 aromatic heterocycles. The highest BCUT2D eigenvalue weighted by molar-refractivity contribution is 6.36. The lowest BCUT2D eigenvalue weighted by atomic mass is 10.1. The topological polar surface area (TPSA) is 55.4 Å². The third kappa shape index (κ3) is 4.60. The second kappa shape index (κ2) is 7.83. The maximum atomic E-state index is 13.1. The minimum Gasteiger partial charge on any atom is -0.481 e. The molecule has 0 bridgehead atoms. The maximum Gasteiger partial charge on any atom is 0.262 e. The largest absolute Gasteiger partial charge is 0.481 e. The predicted molar refractivity (Wildman–Crippen MR) is 92.0 cm³/mol. The summed E-state index contributed by atoms with van der Waals surface area (Å²) in [6.45, 7) is 0.923. The average molecular weight is 391 g/mol. The number of halogens is 4. The standard InChI is InChI=1S/C16H11Cl3FNO3/c1-8(22)11-4-9(17)5-13(19)16(11)24-7-15(23)21-10-2-3-14(20)12(18)6-10/h2-6H,7H2,1H3,(H,21,23). The molecule has 0 fully saturated rings. The molecule has 2 aromatic rings. The molecular formula is C16H11Cl3FNO3. The number of nitrogens with one attached hydrogen (secondary N) is 1. The van der Waals surface area contributed by atoms with Crippen LogP contribution in [0.15, 0.2) is 30.3 Å². The summed E-state index contributed by atoms with van der Waals surface area (Å²) < 4.78 is 18.4. The first-order valence-corrected chi connectivity index (χ1v) is 7.79. The van der Waals surface area contributed by atoms with E-state index in [9.17, 15) is 14.0 Å². The Hall–Kier alpha value is -1.82. The average Bonchev–Trinajstić information content (AvgIpc) is 2.49. The van der Waals surface area contributed by atoms with E-state index in [0.717, 1.165) is 6.07 Å². The van der Waals surface area contributed by atoms with E-state index >= 15 is 0 Å². The normalized spacial score (nSPS) is 10.4. The van der Waals surface area contributed by atoms with Crippen LogP contribution in [0, 0.1) is 5.82 Å². The first-order valence-electron chi connectivity index (χ1n) is 6.65. The Kier molecular flexibility index (Phi) is 6.04. The monoisotopic (exact) mass is 389 g/mol. The number of benzene rings is 2. The van der Waals surface area contributed by atoms with Gasteiger partial charge in [0.1, 0.15) is 11.6 Å². The van der Waals surface area contributed by atoms with Crippen molar-refractivity contribution in [2.75, 3.05) is 11.9 Å². The van der Waals surface area contributed by atoms with Crippen molar-refractivity contribution in [3.8, 4) is 5.75 Å². The summed E-state index contributed by atoms with van der Waals surface area (Å²) in [4.78, 5) is 23.5.